The van der Waals surface area contributed by atoms with Crippen molar-refractivity contribution in [2.75, 3.05) is 13.3 Å². The molecule has 2 atom stereocenters. The molecule has 4 heteroatoms. The van der Waals surface area contributed by atoms with E-state index in [2.05, 4.69) is 6.92 Å². The Bertz CT molecular complexity index is 134. The number of hydrogen-bond donors (Lipinski definition) is 1. The fourth-order valence-corrected chi connectivity index (χ4v) is 2.29. The van der Waals surface area contributed by atoms with Gasteiger partial charge in [0.25, 0.3) is 0 Å². The fraction of sp³-hybridized carbons (Fsp3) is 1.00. The van der Waals surface area contributed by atoms with Crippen molar-refractivity contribution in [1.82, 2.24) is 0 Å². The number of rotatable bonds is 10. The summed E-state index contributed by atoms with van der Waals surface area (Å²) in [4.78, 5) is 0. The van der Waals surface area contributed by atoms with E-state index < -0.39 is 8.03 Å². The SMILES string of the molecule is [B]P(C)O[C@@H](CCO)CCCCCCC. The van der Waals surface area contributed by atoms with Gasteiger partial charge in [-0.3, -0.25) is 0 Å². The lowest BCUT2D eigenvalue weighted by molar-refractivity contribution is 0.161. The molecule has 0 aliphatic rings. The van der Waals surface area contributed by atoms with Gasteiger partial charge in [0, 0.05) is 6.61 Å². The Labute approximate surface area is 97.0 Å². The summed E-state index contributed by atoms with van der Waals surface area (Å²) in [5.74, 6) is 0. The van der Waals surface area contributed by atoms with E-state index in [4.69, 9.17) is 17.2 Å². The summed E-state index contributed by atoms with van der Waals surface area (Å²) in [5.41, 5.74) is 0. The normalized spacial score (nSPS) is 15.1. The predicted octanol–water partition coefficient (Wildman–Crippen LogP) is 3.22. The van der Waals surface area contributed by atoms with Gasteiger partial charge in [-0.15, -0.1) is 0 Å². The van der Waals surface area contributed by atoms with E-state index in [9.17, 15) is 0 Å². The van der Waals surface area contributed by atoms with E-state index in [0.29, 0.717) is 0 Å². The molecule has 0 aliphatic carbocycles. The molecule has 0 aromatic heterocycles. The molecule has 0 aromatic carbocycles. The Morgan fingerprint density at radius 1 is 1.20 bits per heavy atom. The molecule has 1 unspecified atom stereocenters. The quantitative estimate of drug-likeness (QED) is 0.354. The van der Waals surface area contributed by atoms with Crippen molar-refractivity contribution in [1.29, 1.82) is 0 Å². The first-order valence-corrected chi connectivity index (χ1v) is 7.74. The van der Waals surface area contributed by atoms with Crippen molar-refractivity contribution >= 4 is 15.6 Å². The molecule has 0 amide bonds. The van der Waals surface area contributed by atoms with Crippen LogP contribution in [0.4, 0.5) is 0 Å². The first kappa shape index (κ1) is 15.4. The second-order valence-corrected chi connectivity index (χ2v) is 5.29. The summed E-state index contributed by atoms with van der Waals surface area (Å²) >= 11 is 0. The van der Waals surface area contributed by atoms with Gasteiger partial charge in [-0.25, -0.2) is 0 Å². The average Bonchev–Trinajstić information content (AvgIpc) is 2.17. The minimum Gasteiger partial charge on any atom is -0.396 e. The van der Waals surface area contributed by atoms with E-state index in [1.54, 1.807) is 0 Å². The Hall–Kier alpha value is 0.415. The molecule has 0 saturated carbocycles. The molecule has 0 saturated heterocycles. The first-order valence-electron chi connectivity index (χ1n) is 5.96. The van der Waals surface area contributed by atoms with Crippen LogP contribution in [0.2, 0.25) is 0 Å². The fourth-order valence-electron chi connectivity index (χ4n) is 1.60. The maximum absolute atomic E-state index is 8.88. The second kappa shape index (κ2) is 10.9. The third kappa shape index (κ3) is 10.7. The Balaban J connectivity index is 3.47. The zero-order chi connectivity index (χ0) is 11.5. The zero-order valence-corrected chi connectivity index (χ0v) is 11.0. The zero-order valence-electron chi connectivity index (χ0n) is 10.1. The molecule has 0 aliphatic heterocycles. The van der Waals surface area contributed by atoms with Crippen LogP contribution in [0.15, 0.2) is 0 Å². The van der Waals surface area contributed by atoms with Gasteiger partial charge in [-0.1, -0.05) is 39.0 Å². The number of aliphatic hydroxyl groups excluding tert-OH is 1. The topological polar surface area (TPSA) is 29.5 Å². The molecule has 1 N–H and O–H groups in total. The molecule has 2 nitrogen and oxygen atoms in total. The highest BCUT2D eigenvalue weighted by atomic mass is 31.1. The molecule has 0 aromatic rings. The van der Waals surface area contributed by atoms with E-state index in [-0.39, 0.29) is 12.7 Å². The van der Waals surface area contributed by atoms with Crippen molar-refractivity contribution in [2.45, 2.75) is 58.0 Å². The van der Waals surface area contributed by atoms with E-state index >= 15 is 0 Å². The molecule has 88 valence electrons. The van der Waals surface area contributed by atoms with Gasteiger partial charge in [0.1, 0.15) is 7.57 Å². The number of unbranched alkanes of at least 4 members (excludes halogenated alkanes) is 4. The molecular weight excluding hydrogens is 206 g/mol. The third-order valence-corrected chi connectivity index (χ3v) is 3.03. The van der Waals surface area contributed by atoms with Crippen LogP contribution in [-0.4, -0.2) is 32.0 Å². The highest BCUT2D eigenvalue weighted by Crippen LogP contribution is 2.29. The van der Waals surface area contributed by atoms with Gasteiger partial charge in [0.05, 0.1) is 6.10 Å². The summed E-state index contributed by atoms with van der Waals surface area (Å²) < 4.78 is 5.58. The van der Waals surface area contributed by atoms with Crippen LogP contribution in [0.3, 0.4) is 0 Å². The van der Waals surface area contributed by atoms with E-state index in [0.717, 1.165) is 12.8 Å². The molecule has 0 fully saturated rings. The predicted molar refractivity (Wildman–Crippen MR) is 68.5 cm³/mol. The van der Waals surface area contributed by atoms with Crippen LogP contribution in [0.5, 0.6) is 0 Å². The van der Waals surface area contributed by atoms with E-state index in [1.165, 1.54) is 32.1 Å². The van der Waals surface area contributed by atoms with Crippen LogP contribution >= 0.6 is 8.03 Å². The maximum atomic E-state index is 8.88. The van der Waals surface area contributed by atoms with Crippen LogP contribution < -0.4 is 0 Å². The third-order valence-electron chi connectivity index (χ3n) is 2.40. The molecule has 0 heterocycles. The minimum atomic E-state index is -0.790. The standard InChI is InChI=1S/C11H24BO2P/c1-3-4-5-6-7-8-11(9-10-13)14-15(2)12/h11,13H,3-10H2,1-2H3/t11-,15?/m1/s1. The minimum absolute atomic E-state index is 0.165. The lowest BCUT2D eigenvalue weighted by Crippen LogP contribution is -2.12. The summed E-state index contributed by atoms with van der Waals surface area (Å²) in [6.07, 6.45) is 8.29. The Morgan fingerprint density at radius 3 is 2.40 bits per heavy atom. The van der Waals surface area contributed by atoms with Crippen molar-refractivity contribution < 1.29 is 9.63 Å². The van der Waals surface area contributed by atoms with Crippen molar-refractivity contribution in [3.05, 3.63) is 0 Å². The van der Waals surface area contributed by atoms with Gasteiger partial charge in [-0.05, 0) is 27.5 Å². The smallest absolute Gasteiger partial charge is 0.148 e. The molecule has 15 heavy (non-hydrogen) atoms. The van der Waals surface area contributed by atoms with Crippen LogP contribution in [0, 0.1) is 0 Å². The van der Waals surface area contributed by atoms with Crippen LogP contribution in [0.25, 0.3) is 0 Å². The number of hydrogen-bond acceptors (Lipinski definition) is 2. The summed E-state index contributed by atoms with van der Waals surface area (Å²) in [6.45, 7) is 4.32. The summed E-state index contributed by atoms with van der Waals surface area (Å²) in [6, 6.07) is 0. The van der Waals surface area contributed by atoms with Gasteiger partial charge in [-0.2, -0.15) is 0 Å². The molecule has 0 rings (SSSR count). The van der Waals surface area contributed by atoms with Gasteiger partial charge < -0.3 is 9.63 Å². The lowest BCUT2D eigenvalue weighted by Gasteiger charge is -2.19. The Kier molecular flexibility index (Phi) is 11.2. The molecule has 0 spiro atoms. The van der Waals surface area contributed by atoms with Crippen molar-refractivity contribution in [3.8, 4) is 0 Å². The average molecular weight is 230 g/mol. The molecule has 0 bridgehead atoms. The van der Waals surface area contributed by atoms with E-state index in [1.807, 2.05) is 6.66 Å². The highest BCUT2D eigenvalue weighted by molar-refractivity contribution is 7.77. The second-order valence-electron chi connectivity index (χ2n) is 3.99. The summed E-state index contributed by atoms with van der Waals surface area (Å²) in [7, 11) is 4.85. The molecule has 2 radical (unpaired) electrons. The molecular formula is C11H24BO2P. The maximum Gasteiger partial charge on any atom is 0.148 e. The van der Waals surface area contributed by atoms with Crippen molar-refractivity contribution in [3.63, 3.8) is 0 Å². The van der Waals surface area contributed by atoms with Gasteiger partial charge in [0.2, 0.25) is 0 Å². The largest absolute Gasteiger partial charge is 0.396 e. The highest BCUT2D eigenvalue weighted by Gasteiger charge is 2.09. The monoisotopic (exact) mass is 230 g/mol. The Morgan fingerprint density at radius 2 is 1.87 bits per heavy atom. The lowest BCUT2D eigenvalue weighted by atomic mass is 10.1. The summed E-state index contributed by atoms with van der Waals surface area (Å²) in [5, 5.41) is 8.88. The van der Waals surface area contributed by atoms with Gasteiger partial charge >= 0.3 is 0 Å². The number of aliphatic hydroxyl groups is 1. The van der Waals surface area contributed by atoms with Gasteiger partial charge in [0.15, 0.2) is 0 Å². The van der Waals surface area contributed by atoms with Crippen molar-refractivity contribution in [2.24, 2.45) is 0 Å². The van der Waals surface area contributed by atoms with Crippen LogP contribution in [-0.2, 0) is 4.52 Å². The first-order chi connectivity index (χ1) is 7.20. The van der Waals surface area contributed by atoms with Crippen LogP contribution in [0.1, 0.15) is 51.9 Å².